The molecule has 0 bridgehead atoms. The highest BCUT2D eigenvalue weighted by atomic mass is 16.5. The molecule has 4 rings (SSSR count). The van der Waals surface area contributed by atoms with Gasteiger partial charge in [-0.1, -0.05) is 6.07 Å². The van der Waals surface area contributed by atoms with Gasteiger partial charge in [-0.25, -0.2) is 4.98 Å². The van der Waals surface area contributed by atoms with Crippen LogP contribution in [-0.2, 0) is 0 Å². The Hall–Kier alpha value is -3.59. The van der Waals surface area contributed by atoms with Crippen LogP contribution in [0, 0.1) is 11.3 Å². The Morgan fingerprint density at radius 3 is 2.92 bits per heavy atom. The SMILES string of the molecule is N#CCCCOc1cccc(-c2nc3ncc(-c4ccco4)cc3o2)c1. The number of fused-ring (bicyclic) bond motifs is 1. The quantitative estimate of drug-likeness (QED) is 0.465. The molecule has 3 heterocycles. The molecule has 0 saturated heterocycles. The van der Waals surface area contributed by atoms with Crippen molar-refractivity contribution in [3.05, 3.63) is 54.9 Å². The number of nitrogens with zero attached hydrogens (tertiary/aromatic N) is 3. The van der Waals surface area contributed by atoms with E-state index in [4.69, 9.17) is 18.8 Å². The fraction of sp³-hybridized carbons (Fsp3) is 0.150. The Morgan fingerprint density at radius 1 is 1.12 bits per heavy atom. The highest BCUT2D eigenvalue weighted by Crippen LogP contribution is 2.29. The van der Waals surface area contributed by atoms with Crippen LogP contribution in [0.3, 0.4) is 0 Å². The average Bonchev–Trinajstić information content (AvgIpc) is 3.34. The summed E-state index contributed by atoms with van der Waals surface area (Å²) in [5, 5.41) is 8.57. The molecule has 6 nitrogen and oxygen atoms in total. The third kappa shape index (κ3) is 3.28. The lowest BCUT2D eigenvalue weighted by atomic mass is 10.2. The predicted octanol–water partition coefficient (Wildman–Crippen LogP) is 4.83. The van der Waals surface area contributed by atoms with E-state index in [-0.39, 0.29) is 0 Å². The largest absolute Gasteiger partial charge is 0.494 e. The van der Waals surface area contributed by atoms with Crippen molar-refractivity contribution in [1.82, 2.24) is 9.97 Å². The maximum Gasteiger partial charge on any atom is 0.229 e. The second-order valence-corrected chi connectivity index (χ2v) is 5.68. The number of ether oxygens (including phenoxy) is 1. The predicted molar refractivity (Wildman–Crippen MR) is 95.3 cm³/mol. The molecule has 26 heavy (non-hydrogen) atoms. The molecule has 0 N–H and O–H groups in total. The summed E-state index contributed by atoms with van der Waals surface area (Å²) >= 11 is 0. The molecule has 0 unspecified atom stereocenters. The lowest BCUT2D eigenvalue weighted by Gasteiger charge is -2.05. The van der Waals surface area contributed by atoms with Crippen LogP contribution < -0.4 is 4.74 Å². The van der Waals surface area contributed by atoms with Crippen LogP contribution in [0.2, 0.25) is 0 Å². The number of nitriles is 1. The van der Waals surface area contributed by atoms with Crippen LogP contribution >= 0.6 is 0 Å². The summed E-state index contributed by atoms with van der Waals surface area (Å²) in [6.07, 6.45) is 4.51. The van der Waals surface area contributed by atoms with Crippen molar-refractivity contribution >= 4 is 11.2 Å². The topological polar surface area (TPSA) is 85.1 Å². The number of rotatable bonds is 6. The van der Waals surface area contributed by atoms with Crippen LogP contribution in [0.5, 0.6) is 5.75 Å². The molecule has 1 aromatic carbocycles. The number of hydrogen-bond donors (Lipinski definition) is 0. The van der Waals surface area contributed by atoms with Crippen LogP contribution in [0.1, 0.15) is 12.8 Å². The summed E-state index contributed by atoms with van der Waals surface area (Å²) in [6, 6.07) is 15.2. The van der Waals surface area contributed by atoms with Gasteiger partial charge in [0.15, 0.2) is 11.2 Å². The summed E-state index contributed by atoms with van der Waals surface area (Å²) in [4.78, 5) is 8.80. The minimum atomic E-state index is 0.478. The molecule has 0 saturated carbocycles. The first-order chi connectivity index (χ1) is 12.8. The highest BCUT2D eigenvalue weighted by Gasteiger charge is 2.12. The maximum atomic E-state index is 8.57. The molecule has 6 heteroatoms. The highest BCUT2D eigenvalue weighted by molar-refractivity contribution is 5.77. The first-order valence-corrected chi connectivity index (χ1v) is 8.24. The Morgan fingerprint density at radius 2 is 2.08 bits per heavy atom. The molecule has 0 aliphatic rings. The summed E-state index contributed by atoms with van der Waals surface area (Å²) < 4.78 is 16.9. The molecule has 128 valence electrons. The van der Waals surface area contributed by atoms with Gasteiger partial charge in [0.05, 0.1) is 18.9 Å². The molecular formula is C20H15N3O3. The van der Waals surface area contributed by atoms with Crippen molar-refractivity contribution in [1.29, 1.82) is 5.26 Å². The van der Waals surface area contributed by atoms with Gasteiger partial charge in [0, 0.05) is 23.7 Å². The first-order valence-electron chi connectivity index (χ1n) is 8.24. The number of unbranched alkanes of at least 4 members (excludes halogenated alkanes) is 1. The standard InChI is InChI=1S/C20H15N3O3/c21-8-1-2-9-24-16-6-3-5-14(11-16)20-23-19-18(26-20)12-15(13-22-19)17-7-4-10-25-17/h3-7,10-13H,1-2,9H2. The number of pyridine rings is 1. The van der Waals surface area contributed by atoms with Crippen LogP contribution in [-0.4, -0.2) is 16.6 Å². The Bertz CT molecular complexity index is 1060. The molecule has 0 atom stereocenters. The fourth-order valence-electron chi connectivity index (χ4n) is 2.58. The van der Waals surface area contributed by atoms with E-state index in [0.29, 0.717) is 42.3 Å². The zero-order valence-corrected chi connectivity index (χ0v) is 13.9. The number of hydrogen-bond acceptors (Lipinski definition) is 6. The molecular weight excluding hydrogens is 330 g/mol. The summed E-state index contributed by atoms with van der Waals surface area (Å²) in [6.45, 7) is 0.499. The minimum absolute atomic E-state index is 0.478. The van der Waals surface area contributed by atoms with E-state index in [1.54, 1.807) is 12.5 Å². The van der Waals surface area contributed by atoms with Crippen LogP contribution in [0.15, 0.2) is 63.8 Å². The van der Waals surface area contributed by atoms with E-state index in [1.165, 1.54) is 0 Å². The second-order valence-electron chi connectivity index (χ2n) is 5.68. The lowest BCUT2D eigenvalue weighted by molar-refractivity contribution is 0.313. The summed E-state index contributed by atoms with van der Waals surface area (Å²) in [5.74, 6) is 1.92. The first kappa shape index (κ1) is 15.9. The number of furan rings is 1. The number of aromatic nitrogens is 2. The Balaban J connectivity index is 1.59. The Kier molecular flexibility index (Phi) is 4.35. The summed E-state index contributed by atoms with van der Waals surface area (Å²) in [5.41, 5.74) is 2.77. The van der Waals surface area contributed by atoms with Crippen molar-refractivity contribution in [2.45, 2.75) is 12.8 Å². The van der Waals surface area contributed by atoms with E-state index in [1.807, 2.05) is 42.5 Å². The van der Waals surface area contributed by atoms with Gasteiger partial charge >= 0.3 is 0 Å². The van der Waals surface area contributed by atoms with Gasteiger partial charge < -0.3 is 13.6 Å². The third-order valence-electron chi connectivity index (χ3n) is 3.84. The van der Waals surface area contributed by atoms with Crippen molar-refractivity contribution in [2.24, 2.45) is 0 Å². The molecule has 0 radical (unpaired) electrons. The smallest absolute Gasteiger partial charge is 0.229 e. The fourth-order valence-corrected chi connectivity index (χ4v) is 2.58. The monoisotopic (exact) mass is 345 g/mol. The molecule has 0 aliphatic heterocycles. The minimum Gasteiger partial charge on any atom is -0.494 e. The Labute approximate surface area is 149 Å². The molecule has 3 aromatic heterocycles. The van der Waals surface area contributed by atoms with Crippen LogP contribution in [0.25, 0.3) is 34.0 Å². The molecule has 0 spiro atoms. The zero-order chi connectivity index (χ0) is 17.8. The van der Waals surface area contributed by atoms with Crippen molar-refractivity contribution in [2.75, 3.05) is 6.61 Å². The van der Waals surface area contributed by atoms with E-state index >= 15 is 0 Å². The maximum absolute atomic E-state index is 8.57. The van der Waals surface area contributed by atoms with E-state index in [2.05, 4.69) is 16.0 Å². The molecule has 0 fully saturated rings. The number of oxazole rings is 1. The molecule has 0 aliphatic carbocycles. The van der Waals surface area contributed by atoms with Gasteiger partial charge in [-0.05, 0) is 42.8 Å². The van der Waals surface area contributed by atoms with E-state index < -0.39 is 0 Å². The van der Waals surface area contributed by atoms with Crippen LogP contribution in [0.4, 0.5) is 0 Å². The second kappa shape index (κ2) is 7.11. The van der Waals surface area contributed by atoms with E-state index in [0.717, 1.165) is 16.9 Å². The van der Waals surface area contributed by atoms with Gasteiger partial charge in [-0.3, -0.25) is 0 Å². The van der Waals surface area contributed by atoms with Gasteiger partial charge in [-0.2, -0.15) is 10.2 Å². The van der Waals surface area contributed by atoms with Crippen molar-refractivity contribution in [3.63, 3.8) is 0 Å². The van der Waals surface area contributed by atoms with Gasteiger partial charge in [-0.15, -0.1) is 0 Å². The zero-order valence-electron chi connectivity index (χ0n) is 13.9. The molecule has 4 aromatic rings. The van der Waals surface area contributed by atoms with Gasteiger partial charge in [0.2, 0.25) is 5.89 Å². The van der Waals surface area contributed by atoms with Gasteiger partial charge in [0.25, 0.3) is 0 Å². The lowest BCUT2D eigenvalue weighted by Crippen LogP contribution is -1.96. The third-order valence-corrected chi connectivity index (χ3v) is 3.84. The van der Waals surface area contributed by atoms with E-state index in [9.17, 15) is 0 Å². The average molecular weight is 345 g/mol. The summed E-state index contributed by atoms with van der Waals surface area (Å²) in [7, 11) is 0. The van der Waals surface area contributed by atoms with Crippen molar-refractivity contribution < 1.29 is 13.6 Å². The van der Waals surface area contributed by atoms with Gasteiger partial charge in [0.1, 0.15) is 11.5 Å². The molecule has 0 amide bonds. The number of benzene rings is 1. The normalized spacial score (nSPS) is 10.7. The van der Waals surface area contributed by atoms with Crippen molar-refractivity contribution in [3.8, 4) is 34.6 Å².